The van der Waals surface area contributed by atoms with E-state index < -0.39 is 5.41 Å². The highest BCUT2D eigenvalue weighted by Gasteiger charge is 2.50. The first-order valence-corrected chi connectivity index (χ1v) is 13.4. The number of rotatable bonds is 16. The van der Waals surface area contributed by atoms with Crippen molar-refractivity contribution < 1.29 is 19.8 Å². The zero-order valence-corrected chi connectivity index (χ0v) is 21.5. The number of ketones is 2. The predicted octanol–water partition coefficient (Wildman–Crippen LogP) is 8.12. The van der Waals surface area contributed by atoms with Crippen LogP contribution in [0.1, 0.15) is 110 Å². The molecule has 0 bridgehead atoms. The Hall–Kier alpha value is -2.36. The quantitative estimate of drug-likeness (QED) is 0.190. The first kappa shape index (κ1) is 27.9. The maximum atomic E-state index is 14.0. The molecule has 0 saturated carbocycles. The zero-order chi connectivity index (χ0) is 25.0. The molecule has 1 aliphatic rings. The van der Waals surface area contributed by atoms with E-state index in [1.54, 1.807) is 0 Å². The lowest BCUT2D eigenvalue weighted by Crippen LogP contribution is -2.41. The van der Waals surface area contributed by atoms with Crippen molar-refractivity contribution in [3.05, 3.63) is 58.6 Å². The van der Waals surface area contributed by atoms with E-state index in [2.05, 4.69) is 20.8 Å². The molecular weight excluding hydrogens is 424 g/mol. The Morgan fingerprint density at radius 2 is 1.35 bits per heavy atom. The largest absolute Gasteiger partial charge is 0.511 e. The highest BCUT2D eigenvalue weighted by molar-refractivity contribution is 6.24. The Labute approximate surface area is 206 Å². The second-order valence-electron chi connectivity index (χ2n) is 9.74. The highest BCUT2D eigenvalue weighted by atomic mass is 16.3. The maximum absolute atomic E-state index is 14.0. The van der Waals surface area contributed by atoms with Crippen molar-refractivity contribution >= 4 is 11.6 Å². The minimum atomic E-state index is -1.09. The van der Waals surface area contributed by atoms with E-state index in [4.69, 9.17) is 0 Å². The second-order valence-corrected chi connectivity index (χ2v) is 9.74. The van der Waals surface area contributed by atoms with Gasteiger partial charge in [0.2, 0.25) is 0 Å². The van der Waals surface area contributed by atoms with E-state index in [1.807, 2.05) is 30.3 Å². The number of aliphatic hydroxyl groups is 2. The van der Waals surface area contributed by atoms with Crippen molar-refractivity contribution in [2.24, 2.45) is 5.41 Å². The molecule has 2 rings (SSSR count). The van der Waals surface area contributed by atoms with Crippen LogP contribution in [-0.4, -0.2) is 21.8 Å². The number of hydrogen-bond donors (Lipinski definition) is 2. The normalized spacial score (nSPS) is 15.8. The Balaban J connectivity index is 2.46. The molecule has 0 radical (unpaired) electrons. The summed E-state index contributed by atoms with van der Waals surface area (Å²) in [5.74, 6) is -0.939. The molecule has 188 valence electrons. The van der Waals surface area contributed by atoms with Gasteiger partial charge in [-0.3, -0.25) is 9.59 Å². The third-order valence-electron chi connectivity index (χ3n) is 7.13. The molecule has 0 unspecified atom stereocenters. The van der Waals surface area contributed by atoms with Gasteiger partial charge in [0, 0.05) is 12.0 Å². The number of unbranched alkanes of at least 4 members (excludes halogenated alkanes) is 6. The number of allylic oxidation sites excluding steroid dienone is 3. The number of carbonyl (C=O) groups is 2. The lowest BCUT2D eigenvalue weighted by molar-refractivity contribution is -0.129. The van der Waals surface area contributed by atoms with Crippen LogP contribution in [0.4, 0.5) is 0 Å². The van der Waals surface area contributed by atoms with Crippen LogP contribution in [0.15, 0.2) is 53.0 Å². The molecule has 0 aromatic heterocycles. The molecule has 1 aromatic rings. The number of aryl methyl sites for hydroxylation is 1. The molecule has 1 aromatic carbocycles. The van der Waals surface area contributed by atoms with Gasteiger partial charge in [-0.05, 0) is 37.7 Å². The van der Waals surface area contributed by atoms with Crippen molar-refractivity contribution in [2.75, 3.05) is 0 Å². The summed E-state index contributed by atoms with van der Waals surface area (Å²) in [4.78, 5) is 27.3. The molecule has 1 aliphatic carbocycles. The minimum Gasteiger partial charge on any atom is -0.511 e. The van der Waals surface area contributed by atoms with E-state index >= 15 is 0 Å². The van der Waals surface area contributed by atoms with Crippen LogP contribution in [0.5, 0.6) is 0 Å². The Bertz CT molecular complexity index is 853. The van der Waals surface area contributed by atoms with Gasteiger partial charge in [0.05, 0.1) is 5.41 Å². The first-order valence-electron chi connectivity index (χ1n) is 13.4. The number of Topliss-reactive ketones (excluding diaryl/α,β-unsaturated/α-hetero) is 2. The smallest absolute Gasteiger partial charge is 0.183 e. The molecule has 0 saturated heterocycles. The first-order chi connectivity index (χ1) is 16.4. The number of aliphatic hydroxyl groups excluding tert-OH is 2. The molecular formula is C30H44O4. The Morgan fingerprint density at radius 3 is 1.91 bits per heavy atom. The molecule has 34 heavy (non-hydrogen) atoms. The molecule has 0 spiro atoms. The Morgan fingerprint density at radius 1 is 0.794 bits per heavy atom. The van der Waals surface area contributed by atoms with Crippen LogP contribution >= 0.6 is 0 Å². The summed E-state index contributed by atoms with van der Waals surface area (Å²) in [6.45, 7) is 6.33. The molecule has 4 heteroatoms. The van der Waals surface area contributed by atoms with Crippen LogP contribution in [0.25, 0.3) is 0 Å². The zero-order valence-electron chi connectivity index (χ0n) is 21.5. The van der Waals surface area contributed by atoms with Gasteiger partial charge in [-0.1, -0.05) is 102 Å². The predicted molar refractivity (Wildman–Crippen MR) is 139 cm³/mol. The van der Waals surface area contributed by atoms with Crippen molar-refractivity contribution in [3.8, 4) is 0 Å². The van der Waals surface area contributed by atoms with Gasteiger partial charge in [-0.2, -0.15) is 0 Å². The molecule has 0 amide bonds. The molecule has 0 aliphatic heterocycles. The van der Waals surface area contributed by atoms with Gasteiger partial charge in [-0.25, -0.2) is 0 Å². The average Bonchev–Trinajstić information content (AvgIpc) is 2.84. The fourth-order valence-electron chi connectivity index (χ4n) is 5.02. The summed E-state index contributed by atoms with van der Waals surface area (Å²) in [6, 6.07) is 9.72. The SMILES string of the molecule is CCCCCC1=C(O)C(CCCCC)(CCCCC)C(=O)C(C(=O)CCc2ccccc2)=C1O. The number of benzene rings is 1. The van der Waals surface area contributed by atoms with E-state index in [0.29, 0.717) is 31.3 Å². The van der Waals surface area contributed by atoms with E-state index in [-0.39, 0.29) is 35.1 Å². The topological polar surface area (TPSA) is 74.6 Å². The molecule has 0 atom stereocenters. The van der Waals surface area contributed by atoms with E-state index in [1.165, 1.54) is 0 Å². The maximum Gasteiger partial charge on any atom is 0.183 e. The van der Waals surface area contributed by atoms with Gasteiger partial charge in [0.25, 0.3) is 0 Å². The fourth-order valence-corrected chi connectivity index (χ4v) is 5.02. The van der Waals surface area contributed by atoms with Crippen LogP contribution in [-0.2, 0) is 16.0 Å². The van der Waals surface area contributed by atoms with Crippen molar-refractivity contribution in [1.82, 2.24) is 0 Å². The highest BCUT2D eigenvalue weighted by Crippen LogP contribution is 2.48. The molecule has 2 N–H and O–H groups in total. The third kappa shape index (κ3) is 6.84. The van der Waals surface area contributed by atoms with E-state index in [0.717, 1.165) is 63.4 Å². The summed E-state index contributed by atoms with van der Waals surface area (Å²) in [6.07, 6.45) is 10.6. The van der Waals surface area contributed by atoms with Gasteiger partial charge in [-0.15, -0.1) is 0 Å². The minimum absolute atomic E-state index is 0.0259. The summed E-state index contributed by atoms with van der Waals surface area (Å²) >= 11 is 0. The van der Waals surface area contributed by atoms with Crippen LogP contribution in [0.3, 0.4) is 0 Å². The second kappa shape index (κ2) is 14.1. The standard InChI is InChI=1S/C30H44O4/c1-4-7-11-18-24-27(32)26(25(31)20-19-23-16-12-10-13-17-23)29(34)30(28(24)33,21-14-8-5-2)22-15-9-6-3/h10,12-13,16-17,32-33H,4-9,11,14-15,18-22H2,1-3H3. The Kier molecular flexibility index (Phi) is 11.6. The third-order valence-corrected chi connectivity index (χ3v) is 7.13. The van der Waals surface area contributed by atoms with Gasteiger partial charge < -0.3 is 10.2 Å². The van der Waals surface area contributed by atoms with Gasteiger partial charge in [0.1, 0.15) is 17.1 Å². The average molecular weight is 469 g/mol. The van der Waals surface area contributed by atoms with Gasteiger partial charge >= 0.3 is 0 Å². The monoisotopic (exact) mass is 468 g/mol. The summed E-state index contributed by atoms with van der Waals surface area (Å²) < 4.78 is 0. The molecule has 0 fully saturated rings. The number of carbonyl (C=O) groups excluding carboxylic acids is 2. The number of hydrogen-bond acceptors (Lipinski definition) is 4. The lowest BCUT2D eigenvalue weighted by Gasteiger charge is -2.37. The van der Waals surface area contributed by atoms with Crippen molar-refractivity contribution in [1.29, 1.82) is 0 Å². The van der Waals surface area contributed by atoms with Crippen molar-refractivity contribution in [3.63, 3.8) is 0 Å². The summed E-state index contributed by atoms with van der Waals surface area (Å²) in [5, 5.41) is 22.6. The molecule has 4 nitrogen and oxygen atoms in total. The fraction of sp³-hybridized carbons (Fsp3) is 0.600. The van der Waals surface area contributed by atoms with E-state index in [9.17, 15) is 19.8 Å². The van der Waals surface area contributed by atoms with Crippen LogP contribution < -0.4 is 0 Å². The van der Waals surface area contributed by atoms with Crippen LogP contribution in [0, 0.1) is 5.41 Å². The van der Waals surface area contributed by atoms with Crippen LogP contribution in [0.2, 0.25) is 0 Å². The van der Waals surface area contributed by atoms with Crippen molar-refractivity contribution in [2.45, 2.75) is 111 Å². The van der Waals surface area contributed by atoms with Gasteiger partial charge in [0.15, 0.2) is 11.6 Å². The summed E-state index contributed by atoms with van der Waals surface area (Å²) in [5.41, 5.74) is 0.283. The summed E-state index contributed by atoms with van der Waals surface area (Å²) in [7, 11) is 0. The lowest BCUT2D eigenvalue weighted by atomic mass is 9.65. The molecule has 0 heterocycles.